The molecule has 13 heteroatoms. The van der Waals surface area contributed by atoms with E-state index >= 15 is 0 Å². The number of rotatable bonds is 9. The molecule has 0 aliphatic heterocycles. The number of nitrogens with zero attached hydrogens (tertiary/aromatic N) is 4. The number of phenolic OH excluding ortho intramolecular Hbond substituents is 1. The van der Waals surface area contributed by atoms with Crippen molar-refractivity contribution in [3.05, 3.63) is 43.0 Å². The third-order valence-electron chi connectivity index (χ3n) is 4.67. The predicted molar refractivity (Wildman–Crippen MR) is 126 cm³/mol. The molecule has 2 heterocycles. The molecule has 0 saturated heterocycles. The van der Waals surface area contributed by atoms with Crippen LogP contribution in [0, 0.1) is 0 Å². The summed E-state index contributed by atoms with van der Waals surface area (Å²) in [5.74, 6) is 0.358. The summed E-state index contributed by atoms with van der Waals surface area (Å²) >= 11 is 3.25. The van der Waals surface area contributed by atoms with Crippen LogP contribution in [0.5, 0.6) is 11.5 Å². The van der Waals surface area contributed by atoms with Crippen molar-refractivity contribution in [3.8, 4) is 11.5 Å². The fourth-order valence-corrected chi connectivity index (χ4v) is 3.51. The number of hydrogen-bond acceptors (Lipinski definition) is 9. The summed E-state index contributed by atoms with van der Waals surface area (Å²) in [6, 6.07) is 3.21. The van der Waals surface area contributed by atoms with Crippen LogP contribution in [0.25, 0.3) is 11.2 Å². The summed E-state index contributed by atoms with van der Waals surface area (Å²) < 4.78 is 13.6. The molecule has 0 radical (unpaired) electrons. The molecule has 3 aromatic rings. The molecule has 3 rings (SSSR count). The number of halogens is 1. The highest BCUT2D eigenvalue weighted by molar-refractivity contribution is 9.10. The maximum atomic E-state index is 12.5. The average molecular weight is 525 g/mol. The first-order chi connectivity index (χ1) is 15.6. The van der Waals surface area contributed by atoms with Gasteiger partial charge in [-0.15, -0.1) is 0 Å². The molecular weight excluding hydrogens is 500 g/mol. The van der Waals surface area contributed by atoms with Crippen LogP contribution in [0.1, 0.15) is 19.4 Å². The van der Waals surface area contributed by atoms with E-state index in [-0.39, 0.29) is 47.9 Å². The Hall–Kier alpha value is -3.16. The van der Waals surface area contributed by atoms with Crippen molar-refractivity contribution in [2.24, 2.45) is 12.1 Å². The van der Waals surface area contributed by atoms with Crippen molar-refractivity contribution >= 4 is 39.3 Å². The van der Waals surface area contributed by atoms with Crippen LogP contribution in [0.3, 0.4) is 0 Å². The van der Waals surface area contributed by atoms with Gasteiger partial charge in [0, 0.05) is 7.05 Å². The third kappa shape index (κ3) is 5.43. The van der Waals surface area contributed by atoms with Crippen LogP contribution in [0.15, 0.2) is 31.3 Å². The van der Waals surface area contributed by atoms with E-state index < -0.39 is 17.4 Å². The standard InChI is InChI=1S/C20H25BrN6O6/c1-10(2)33-9-12(28)8-27-15-17(26(3)20(31)24-18(15)30)23-19(27)25-22-7-11-5-13(21)16(29)14(6-11)32-4/h5-7,10,12,28-29H,8-9H2,1-4H3,(H,23,25)(H,24,30,31)/b22-7+. The maximum Gasteiger partial charge on any atom is 0.329 e. The average Bonchev–Trinajstić information content (AvgIpc) is 3.11. The van der Waals surface area contributed by atoms with Gasteiger partial charge in [0.1, 0.15) is 0 Å². The molecule has 0 bridgehead atoms. The van der Waals surface area contributed by atoms with Crippen LogP contribution in [0.2, 0.25) is 0 Å². The number of aliphatic hydroxyl groups is 1. The van der Waals surface area contributed by atoms with Crippen molar-refractivity contribution in [3.63, 3.8) is 0 Å². The number of benzene rings is 1. The molecule has 12 nitrogen and oxygen atoms in total. The Morgan fingerprint density at radius 1 is 1.36 bits per heavy atom. The first-order valence-corrected chi connectivity index (χ1v) is 10.8. The lowest BCUT2D eigenvalue weighted by Crippen LogP contribution is -2.30. The van der Waals surface area contributed by atoms with Gasteiger partial charge in [-0.3, -0.25) is 14.3 Å². The second kappa shape index (κ2) is 10.2. The lowest BCUT2D eigenvalue weighted by Gasteiger charge is -2.15. The monoisotopic (exact) mass is 524 g/mol. The van der Waals surface area contributed by atoms with Gasteiger partial charge in [0.25, 0.3) is 5.56 Å². The van der Waals surface area contributed by atoms with Gasteiger partial charge in [-0.25, -0.2) is 10.2 Å². The Labute approximate surface area is 196 Å². The molecule has 0 spiro atoms. The zero-order valence-corrected chi connectivity index (χ0v) is 20.1. The second-order valence-corrected chi connectivity index (χ2v) is 8.35. The summed E-state index contributed by atoms with van der Waals surface area (Å²) in [6.45, 7) is 3.71. The molecule has 0 aliphatic carbocycles. The van der Waals surface area contributed by atoms with E-state index in [0.29, 0.717) is 10.0 Å². The van der Waals surface area contributed by atoms with Crippen LogP contribution < -0.4 is 21.4 Å². The normalized spacial score (nSPS) is 12.7. The highest BCUT2D eigenvalue weighted by atomic mass is 79.9. The number of fused-ring (bicyclic) bond motifs is 1. The van der Waals surface area contributed by atoms with Gasteiger partial charge in [-0.2, -0.15) is 10.1 Å². The molecule has 0 saturated carbocycles. The number of aromatic hydroxyl groups is 1. The second-order valence-electron chi connectivity index (χ2n) is 7.50. The zero-order valence-electron chi connectivity index (χ0n) is 18.5. The number of ether oxygens (including phenoxy) is 2. The summed E-state index contributed by atoms with van der Waals surface area (Å²) in [6.07, 6.45) is 0.438. The number of H-pyrrole nitrogens is 1. The van der Waals surface area contributed by atoms with E-state index in [0.717, 1.165) is 0 Å². The zero-order chi connectivity index (χ0) is 24.3. The number of nitrogens with one attached hydrogen (secondary N) is 2. The Balaban J connectivity index is 1.98. The first kappa shape index (κ1) is 24.5. The van der Waals surface area contributed by atoms with E-state index in [1.54, 1.807) is 12.1 Å². The largest absolute Gasteiger partial charge is 0.503 e. The molecule has 2 aromatic heterocycles. The first-order valence-electron chi connectivity index (χ1n) is 9.97. The Morgan fingerprint density at radius 2 is 2.09 bits per heavy atom. The molecule has 0 aliphatic rings. The van der Waals surface area contributed by atoms with Gasteiger partial charge >= 0.3 is 5.69 Å². The molecule has 33 heavy (non-hydrogen) atoms. The van der Waals surface area contributed by atoms with Crippen molar-refractivity contribution in [2.45, 2.75) is 32.6 Å². The SMILES string of the molecule is COc1cc(/C=N/Nc2nc3c(c(=O)[nH]c(=O)n3C)n2CC(O)COC(C)C)cc(Br)c1O. The van der Waals surface area contributed by atoms with Gasteiger partial charge < -0.3 is 24.3 Å². The summed E-state index contributed by atoms with van der Waals surface area (Å²) in [5.41, 5.74) is 2.33. The van der Waals surface area contributed by atoms with Gasteiger partial charge in [0.05, 0.1) is 43.2 Å². The van der Waals surface area contributed by atoms with Crippen molar-refractivity contribution in [1.82, 2.24) is 19.1 Å². The number of methoxy groups -OCH3 is 1. The van der Waals surface area contributed by atoms with Gasteiger partial charge in [-0.05, 0) is 47.5 Å². The van der Waals surface area contributed by atoms with Crippen molar-refractivity contribution in [1.29, 1.82) is 0 Å². The summed E-state index contributed by atoms with van der Waals surface area (Å²) in [4.78, 5) is 31.1. The van der Waals surface area contributed by atoms with Gasteiger partial charge in [0.15, 0.2) is 22.7 Å². The number of hydrogen-bond donors (Lipinski definition) is 4. The van der Waals surface area contributed by atoms with Crippen LogP contribution in [-0.4, -0.2) is 61.5 Å². The number of phenols is 1. The van der Waals surface area contributed by atoms with E-state index in [2.05, 4.69) is 36.4 Å². The Kier molecular flexibility index (Phi) is 7.56. The summed E-state index contributed by atoms with van der Waals surface area (Å²) in [5, 5.41) is 24.5. The minimum atomic E-state index is -0.941. The van der Waals surface area contributed by atoms with Crippen molar-refractivity contribution < 1.29 is 19.7 Å². The lowest BCUT2D eigenvalue weighted by atomic mass is 10.2. The molecule has 1 aromatic carbocycles. The molecule has 4 N–H and O–H groups in total. The van der Waals surface area contributed by atoms with Crippen LogP contribution >= 0.6 is 15.9 Å². The maximum absolute atomic E-state index is 12.5. The van der Waals surface area contributed by atoms with Crippen LogP contribution in [-0.2, 0) is 18.3 Å². The highest BCUT2D eigenvalue weighted by Crippen LogP contribution is 2.34. The molecule has 1 unspecified atom stereocenters. The molecule has 178 valence electrons. The number of anilines is 1. The Bertz CT molecular complexity index is 1290. The number of imidazole rings is 1. The van der Waals surface area contributed by atoms with E-state index in [1.807, 2.05) is 13.8 Å². The number of aliphatic hydroxyl groups excluding tert-OH is 1. The minimum Gasteiger partial charge on any atom is -0.503 e. The summed E-state index contributed by atoms with van der Waals surface area (Å²) in [7, 11) is 2.91. The number of aromatic nitrogens is 4. The highest BCUT2D eigenvalue weighted by Gasteiger charge is 2.20. The minimum absolute atomic E-state index is 0.0268. The van der Waals surface area contributed by atoms with E-state index in [4.69, 9.17) is 9.47 Å². The number of aromatic amines is 1. The molecule has 0 amide bonds. The molecule has 0 fully saturated rings. The predicted octanol–water partition coefficient (Wildman–Crippen LogP) is 1.13. The smallest absolute Gasteiger partial charge is 0.329 e. The molecule has 1 atom stereocenters. The topological polar surface area (TPSA) is 156 Å². The van der Waals surface area contributed by atoms with E-state index in [1.165, 1.54) is 29.5 Å². The molecular formula is C20H25BrN6O6. The quantitative estimate of drug-likeness (QED) is 0.239. The fourth-order valence-electron chi connectivity index (χ4n) is 3.05. The number of aryl methyl sites for hydroxylation is 1. The van der Waals surface area contributed by atoms with E-state index in [9.17, 15) is 19.8 Å². The van der Waals surface area contributed by atoms with Gasteiger partial charge in [-0.1, -0.05) is 0 Å². The lowest BCUT2D eigenvalue weighted by molar-refractivity contribution is -0.000105. The Morgan fingerprint density at radius 3 is 2.76 bits per heavy atom. The number of hydrazone groups is 1. The third-order valence-corrected chi connectivity index (χ3v) is 5.28. The fraction of sp³-hybridized carbons (Fsp3) is 0.400. The van der Waals surface area contributed by atoms with Gasteiger partial charge in [0.2, 0.25) is 5.95 Å². The van der Waals surface area contributed by atoms with Crippen LogP contribution in [0.4, 0.5) is 5.95 Å². The van der Waals surface area contributed by atoms with Crippen molar-refractivity contribution in [2.75, 3.05) is 19.1 Å².